The van der Waals surface area contributed by atoms with Crippen molar-refractivity contribution in [2.45, 2.75) is 32.7 Å². The highest BCUT2D eigenvalue weighted by Gasteiger charge is 2.25. The van der Waals surface area contributed by atoms with Gasteiger partial charge in [-0.3, -0.25) is 9.69 Å². The first-order valence-corrected chi connectivity index (χ1v) is 7.53. The summed E-state index contributed by atoms with van der Waals surface area (Å²) in [5.74, 6) is 0.500. The Morgan fingerprint density at radius 2 is 2.22 bits per heavy atom. The van der Waals surface area contributed by atoms with Crippen LogP contribution in [0.2, 0.25) is 0 Å². The maximum atomic E-state index is 11.9. The van der Waals surface area contributed by atoms with Crippen LogP contribution in [-0.4, -0.2) is 41.5 Å². The molecule has 1 aliphatic rings. The van der Waals surface area contributed by atoms with Crippen molar-refractivity contribution >= 4 is 17.2 Å². The molecule has 1 aromatic rings. The molecule has 5 heteroatoms. The van der Waals surface area contributed by atoms with Gasteiger partial charge in [0, 0.05) is 18.0 Å². The SMILES string of the molecule is CC(C)C(CNC(=O)c1cscn1)N1CCCC1. The van der Waals surface area contributed by atoms with Gasteiger partial charge >= 0.3 is 0 Å². The van der Waals surface area contributed by atoms with E-state index in [4.69, 9.17) is 0 Å². The van der Waals surface area contributed by atoms with E-state index in [1.165, 1.54) is 24.2 Å². The van der Waals surface area contributed by atoms with E-state index in [9.17, 15) is 4.79 Å². The van der Waals surface area contributed by atoms with Gasteiger partial charge in [-0.1, -0.05) is 13.8 Å². The van der Waals surface area contributed by atoms with Crippen LogP contribution in [0.4, 0.5) is 0 Å². The molecule has 1 atom stereocenters. The molecule has 0 aromatic carbocycles. The Morgan fingerprint density at radius 3 is 2.78 bits per heavy atom. The van der Waals surface area contributed by atoms with Gasteiger partial charge < -0.3 is 5.32 Å². The molecule has 2 heterocycles. The number of hydrogen-bond donors (Lipinski definition) is 1. The second-order valence-corrected chi connectivity index (χ2v) is 5.86. The summed E-state index contributed by atoms with van der Waals surface area (Å²) in [6, 6.07) is 0.440. The van der Waals surface area contributed by atoms with Gasteiger partial charge in [-0.2, -0.15) is 0 Å². The first-order valence-electron chi connectivity index (χ1n) is 6.59. The third-order valence-electron chi connectivity index (χ3n) is 3.52. The first kappa shape index (κ1) is 13.5. The lowest BCUT2D eigenvalue weighted by molar-refractivity contribution is 0.0923. The average Bonchev–Trinajstić information content (AvgIpc) is 3.01. The second kappa shape index (κ2) is 6.29. The second-order valence-electron chi connectivity index (χ2n) is 5.14. The highest BCUT2D eigenvalue weighted by molar-refractivity contribution is 7.07. The van der Waals surface area contributed by atoms with Crippen LogP contribution in [0.25, 0.3) is 0 Å². The number of aromatic nitrogens is 1. The van der Waals surface area contributed by atoms with Gasteiger partial charge in [-0.25, -0.2) is 4.98 Å². The third kappa shape index (κ3) is 3.29. The van der Waals surface area contributed by atoms with Crippen molar-refractivity contribution in [1.29, 1.82) is 0 Å². The molecule has 2 rings (SSSR count). The average molecular weight is 267 g/mol. The van der Waals surface area contributed by atoms with Crippen molar-refractivity contribution in [2.24, 2.45) is 5.92 Å². The molecule has 4 nitrogen and oxygen atoms in total. The van der Waals surface area contributed by atoms with Gasteiger partial charge in [0.2, 0.25) is 0 Å². The van der Waals surface area contributed by atoms with Gasteiger partial charge in [-0.15, -0.1) is 11.3 Å². The number of carbonyl (C=O) groups is 1. The van der Waals surface area contributed by atoms with Crippen molar-refractivity contribution < 1.29 is 4.79 Å². The van der Waals surface area contributed by atoms with E-state index in [1.807, 2.05) is 0 Å². The van der Waals surface area contributed by atoms with Crippen molar-refractivity contribution in [1.82, 2.24) is 15.2 Å². The molecular formula is C13H21N3OS. The highest BCUT2D eigenvalue weighted by atomic mass is 32.1. The molecule has 0 radical (unpaired) electrons. The van der Waals surface area contributed by atoms with Crippen LogP contribution in [0.15, 0.2) is 10.9 Å². The van der Waals surface area contributed by atoms with Crippen LogP contribution in [0, 0.1) is 5.92 Å². The molecule has 0 saturated carbocycles. The van der Waals surface area contributed by atoms with Crippen molar-refractivity contribution in [3.05, 3.63) is 16.6 Å². The summed E-state index contributed by atoms with van der Waals surface area (Å²) in [5.41, 5.74) is 2.22. The standard InChI is InChI=1S/C13H21N3OS/c1-10(2)12(16-5-3-4-6-16)7-14-13(17)11-8-18-9-15-11/h8-10,12H,3-7H2,1-2H3,(H,14,17). The van der Waals surface area contributed by atoms with Gasteiger partial charge in [-0.05, 0) is 31.8 Å². The molecule has 1 saturated heterocycles. The molecule has 1 aromatic heterocycles. The van der Waals surface area contributed by atoms with Crippen molar-refractivity contribution in [2.75, 3.05) is 19.6 Å². The van der Waals surface area contributed by atoms with Crippen LogP contribution < -0.4 is 5.32 Å². The number of likely N-dealkylation sites (tertiary alicyclic amines) is 1. The number of amides is 1. The third-order valence-corrected chi connectivity index (χ3v) is 4.10. The minimum atomic E-state index is -0.0545. The number of nitrogens with one attached hydrogen (secondary N) is 1. The lowest BCUT2D eigenvalue weighted by atomic mass is 10.0. The summed E-state index contributed by atoms with van der Waals surface area (Å²) in [7, 11) is 0. The Bertz CT molecular complexity index is 372. The lowest BCUT2D eigenvalue weighted by Crippen LogP contribution is -2.45. The fourth-order valence-corrected chi connectivity index (χ4v) is 3.00. The molecule has 1 amide bonds. The summed E-state index contributed by atoms with van der Waals surface area (Å²) < 4.78 is 0. The molecule has 0 spiro atoms. The molecule has 1 fully saturated rings. The van der Waals surface area contributed by atoms with Crippen LogP contribution in [0.1, 0.15) is 37.2 Å². The van der Waals surface area contributed by atoms with E-state index in [2.05, 4.69) is 29.0 Å². The van der Waals surface area contributed by atoms with E-state index in [0.717, 1.165) is 13.1 Å². The minimum Gasteiger partial charge on any atom is -0.349 e. The summed E-state index contributed by atoms with van der Waals surface area (Å²) >= 11 is 1.45. The van der Waals surface area contributed by atoms with Crippen LogP contribution in [0.3, 0.4) is 0 Å². The Kier molecular flexibility index (Phi) is 4.72. The van der Waals surface area contributed by atoms with Crippen molar-refractivity contribution in [3.8, 4) is 0 Å². The van der Waals surface area contributed by atoms with Gasteiger partial charge in [0.25, 0.3) is 5.91 Å². The van der Waals surface area contributed by atoms with E-state index in [-0.39, 0.29) is 5.91 Å². The topological polar surface area (TPSA) is 45.2 Å². The molecule has 0 aliphatic carbocycles. The Balaban J connectivity index is 1.87. The quantitative estimate of drug-likeness (QED) is 0.887. The fraction of sp³-hybridized carbons (Fsp3) is 0.692. The largest absolute Gasteiger partial charge is 0.349 e. The first-order chi connectivity index (χ1) is 8.68. The number of rotatable bonds is 5. The Hall–Kier alpha value is -0.940. The summed E-state index contributed by atoms with van der Waals surface area (Å²) in [6.45, 7) is 7.48. The van der Waals surface area contributed by atoms with E-state index < -0.39 is 0 Å². The zero-order valence-electron chi connectivity index (χ0n) is 11.1. The molecule has 1 N–H and O–H groups in total. The lowest BCUT2D eigenvalue weighted by Gasteiger charge is -2.30. The zero-order chi connectivity index (χ0) is 13.0. The fourth-order valence-electron chi connectivity index (χ4n) is 2.47. The predicted octanol–water partition coefficient (Wildman–Crippen LogP) is 1.99. The highest BCUT2D eigenvalue weighted by Crippen LogP contribution is 2.17. The van der Waals surface area contributed by atoms with E-state index in [1.54, 1.807) is 10.9 Å². The number of carbonyl (C=O) groups excluding carboxylic acids is 1. The van der Waals surface area contributed by atoms with Gasteiger partial charge in [0.1, 0.15) is 5.69 Å². The number of thiazole rings is 1. The number of nitrogens with zero attached hydrogens (tertiary/aromatic N) is 2. The smallest absolute Gasteiger partial charge is 0.270 e. The normalized spacial score (nSPS) is 18.2. The van der Waals surface area contributed by atoms with E-state index in [0.29, 0.717) is 24.2 Å². The maximum Gasteiger partial charge on any atom is 0.270 e. The predicted molar refractivity (Wildman–Crippen MR) is 73.9 cm³/mol. The molecule has 1 aliphatic heterocycles. The monoisotopic (exact) mass is 267 g/mol. The maximum absolute atomic E-state index is 11.9. The van der Waals surface area contributed by atoms with Crippen molar-refractivity contribution in [3.63, 3.8) is 0 Å². The zero-order valence-corrected chi connectivity index (χ0v) is 11.9. The summed E-state index contributed by atoms with van der Waals surface area (Å²) in [5, 5.41) is 4.79. The van der Waals surface area contributed by atoms with E-state index >= 15 is 0 Å². The molecule has 100 valence electrons. The minimum absolute atomic E-state index is 0.0545. The molecule has 0 bridgehead atoms. The van der Waals surface area contributed by atoms with Crippen LogP contribution in [-0.2, 0) is 0 Å². The van der Waals surface area contributed by atoms with Crippen LogP contribution >= 0.6 is 11.3 Å². The van der Waals surface area contributed by atoms with Gasteiger partial charge in [0.05, 0.1) is 5.51 Å². The number of hydrogen-bond acceptors (Lipinski definition) is 4. The molecule has 18 heavy (non-hydrogen) atoms. The Labute approximate surface area is 112 Å². The molecule has 1 unspecified atom stereocenters. The summed E-state index contributed by atoms with van der Waals surface area (Å²) in [6.07, 6.45) is 2.56. The summed E-state index contributed by atoms with van der Waals surface area (Å²) in [4.78, 5) is 18.4. The Morgan fingerprint density at radius 1 is 1.50 bits per heavy atom. The van der Waals surface area contributed by atoms with Crippen LogP contribution in [0.5, 0.6) is 0 Å². The molecular weight excluding hydrogens is 246 g/mol. The van der Waals surface area contributed by atoms with Gasteiger partial charge in [0.15, 0.2) is 0 Å².